The molecule has 0 unspecified atom stereocenters. The second kappa shape index (κ2) is 5.49. The lowest BCUT2D eigenvalue weighted by Crippen LogP contribution is -2.02. The van der Waals surface area contributed by atoms with E-state index in [1.54, 1.807) is 18.5 Å². The molecule has 0 radical (unpaired) electrons. The Kier molecular flexibility index (Phi) is 3.77. The number of benzene rings is 1. The van der Waals surface area contributed by atoms with Crippen LogP contribution in [0.3, 0.4) is 0 Å². The average molecular weight is 247 g/mol. The summed E-state index contributed by atoms with van der Waals surface area (Å²) in [5, 5.41) is 0. The highest BCUT2D eigenvalue weighted by Crippen LogP contribution is 2.12. The van der Waals surface area contributed by atoms with E-state index in [9.17, 15) is 13.6 Å². The maximum Gasteiger partial charge on any atom is 0.163 e. The number of hydrogen-bond acceptors (Lipinski definition) is 2. The number of ketones is 1. The molecule has 1 aromatic carbocycles. The molecule has 92 valence electrons. The fraction of sp³-hybridized carbons (Fsp3) is 0.143. The van der Waals surface area contributed by atoms with E-state index in [1.807, 2.05) is 6.07 Å². The van der Waals surface area contributed by atoms with Crippen molar-refractivity contribution < 1.29 is 13.6 Å². The van der Waals surface area contributed by atoms with E-state index >= 15 is 0 Å². The van der Waals surface area contributed by atoms with Crippen molar-refractivity contribution >= 4 is 5.78 Å². The number of rotatable bonds is 4. The number of pyridine rings is 1. The molecule has 18 heavy (non-hydrogen) atoms. The molecule has 0 atom stereocenters. The minimum Gasteiger partial charge on any atom is -0.294 e. The minimum absolute atomic E-state index is 0.0661. The molecule has 0 aliphatic carbocycles. The van der Waals surface area contributed by atoms with Gasteiger partial charge in [0.2, 0.25) is 0 Å². The van der Waals surface area contributed by atoms with Crippen LogP contribution < -0.4 is 0 Å². The van der Waals surface area contributed by atoms with Gasteiger partial charge in [-0.05, 0) is 30.2 Å². The van der Waals surface area contributed by atoms with E-state index in [0.29, 0.717) is 6.42 Å². The Hall–Kier alpha value is -2.10. The normalized spacial score (nSPS) is 10.3. The van der Waals surface area contributed by atoms with E-state index in [4.69, 9.17) is 0 Å². The predicted octanol–water partition coefficient (Wildman–Crippen LogP) is 3.18. The third-order valence-electron chi connectivity index (χ3n) is 2.55. The number of aryl methyl sites for hydroxylation is 1. The summed E-state index contributed by atoms with van der Waals surface area (Å²) in [5.74, 6) is -1.75. The van der Waals surface area contributed by atoms with Crippen LogP contribution in [0.25, 0.3) is 0 Å². The van der Waals surface area contributed by atoms with Crippen LogP contribution in [-0.2, 0) is 6.42 Å². The van der Waals surface area contributed by atoms with Crippen molar-refractivity contribution in [1.82, 2.24) is 4.98 Å². The average Bonchev–Trinajstić information content (AvgIpc) is 2.36. The molecule has 0 saturated heterocycles. The minimum atomic E-state index is -0.736. The highest BCUT2D eigenvalue weighted by atomic mass is 19.1. The molecule has 1 heterocycles. The topological polar surface area (TPSA) is 30.0 Å². The molecule has 0 amide bonds. The Morgan fingerprint density at radius 2 is 1.89 bits per heavy atom. The number of hydrogen-bond donors (Lipinski definition) is 0. The van der Waals surface area contributed by atoms with Crippen molar-refractivity contribution in [3.8, 4) is 0 Å². The molecule has 2 aromatic rings. The molecule has 0 saturated carbocycles. The fourth-order valence-corrected chi connectivity index (χ4v) is 1.66. The maximum absolute atomic E-state index is 12.9. The van der Waals surface area contributed by atoms with Crippen molar-refractivity contribution in [2.24, 2.45) is 0 Å². The Morgan fingerprint density at radius 3 is 2.50 bits per heavy atom. The Balaban J connectivity index is 2.04. The molecular formula is C14H11F2NO. The van der Waals surface area contributed by atoms with Gasteiger partial charge in [0.25, 0.3) is 0 Å². The molecule has 0 fully saturated rings. The molecule has 4 heteroatoms. The number of Topliss-reactive ketones (excluding diaryl/α,β-unsaturated/α-hetero) is 1. The van der Waals surface area contributed by atoms with Crippen LogP contribution in [0.1, 0.15) is 22.3 Å². The maximum atomic E-state index is 12.9. The van der Waals surface area contributed by atoms with E-state index < -0.39 is 11.6 Å². The van der Waals surface area contributed by atoms with Crippen molar-refractivity contribution in [1.29, 1.82) is 0 Å². The molecule has 1 aromatic heterocycles. The number of carbonyl (C=O) groups is 1. The van der Waals surface area contributed by atoms with Gasteiger partial charge >= 0.3 is 0 Å². The van der Waals surface area contributed by atoms with E-state index in [1.165, 1.54) is 0 Å². The van der Waals surface area contributed by atoms with Gasteiger partial charge in [-0.2, -0.15) is 0 Å². The van der Waals surface area contributed by atoms with E-state index in [2.05, 4.69) is 4.98 Å². The van der Waals surface area contributed by atoms with Crippen LogP contribution in [0.4, 0.5) is 8.78 Å². The monoisotopic (exact) mass is 247 g/mol. The molecular weight excluding hydrogens is 236 g/mol. The quantitative estimate of drug-likeness (QED) is 0.777. The first-order valence-corrected chi connectivity index (χ1v) is 5.53. The van der Waals surface area contributed by atoms with Crippen LogP contribution in [0.15, 0.2) is 42.7 Å². The third-order valence-corrected chi connectivity index (χ3v) is 2.55. The Labute approximate surface area is 103 Å². The van der Waals surface area contributed by atoms with Crippen molar-refractivity contribution in [2.75, 3.05) is 0 Å². The summed E-state index contributed by atoms with van der Waals surface area (Å²) in [6, 6.07) is 6.48. The van der Waals surface area contributed by atoms with Gasteiger partial charge in [0, 0.05) is 30.4 Å². The lowest BCUT2D eigenvalue weighted by atomic mass is 10.0. The summed E-state index contributed by atoms with van der Waals surface area (Å²) in [6.07, 6.45) is 4.02. The van der Waals surface area contributed by atoms with Crippen LogP contribution >= 0.6 is 0 Å². The van der Waals surface area contributed by atoms with Crippen LogP contribution in [0.2, 0.25) is 0 Å². The van der Waals surface area contributed by atoms with Crippen molar-refractivity contribution in [3.63, 3.8) is 0 Å². The van der Waals surface area contributed by atoms with Crippen LogP contribution in [0, 0.1) is 11.6 Å². The second-order valence-corrected chi connectivity index (χ2v) is 3.94. The SMILES string of the molecule is O=C(CCc1cccnc1)c1cc(F)cc(F)c1. The molecule has 0 aliphatic rings. The largest absolute Gasteiger partial charge is 0.294 e. The number of aromatic nitrogens is 1. The Morgan fingerprint density at radius 1 is 1.17 bits per heavy atom. The fourth-order valence-electron chi connectivity index (χ4n) is 1.66. The standard InChI is InChI=1S/C14H11F2NO/c15-12-6-11(7-13(16)8-12)14(18)4-3-10-2-1-5-17-9-10/h1-2,5-9H,3-4H2. The predicted molar refractivity (Wildman–Crippen MR) is 63.2 cm³/mol. The van der Waals surface area contributed by atoms with Gasteiger partial charge in [-0.15, -0.1) is 0 Å². The van der Waals surface area contributed by atoms with Gasteiger partial charge in [0.1, 0.15) is 11.6 Å². The molecule has 0 N–H and O–H groups in total. The van der Waals surface area contributed by atoms with Crippen LogP contribution in [-0.4, -0.2) is 10.8 Å². The second-order valence-electron chi connectivity index (χ2n) is 3.94. The lowest BCUT2D eigenvalue weighted by Gasteiger charge is -2.02. The molecule has 0 bridgehead atoms. The highest BCUT2D eigenvalue weighted by Gasteiger charge is 2.09. The zero-order valence-electron chi connectivity index (χ0n) is 9.57. The first-order valence-electron chi connectivity index (χ1n) is 5.53. The van der Waals surface area contributed by atoms with Crippen LogP contribution in [0.5, 0.6) is 0 Å². The Bertz CT molecular complexity index is 535. The van der Waals surface area contributed by atoms with Gasteiger partial charge < -0.3 is 0 Å². The smallest absolute Gasteiger partial charge is 0.163 e. The number of halogens is 2. The molecule has 2 rings (SSSR count). The summed E-state index contributed by atoms with van der Waals surface area (Å²) in [6.45, 7) is 0. The third kappa shape index (κ3) is 3.20. The summed E-state index contributed by atoms with van der Waals surface area (Å²) in [7, 11) is 0. The summed E-state index contributed by atoms with van der Waals surface area (Å²) in [5.41, 5.74) is 0.985. The first-order chi connectivity index (χ1) is 8.65. The zero-order valence-corrected chi connectivity index (χ0v) is 9.57. The summed E-state index contributed by atoms with van der Waals surface area (Å²) >= 11 is 0. The van der Waals surface area contributed by atoms with Gasteiger partial charge in [0.15, 0.2) is 5.78 Å². The van der Waals surface area contributed by atoms with Gasteiger partial charge in [-0.1, -0.05) is 6.07 Å². The van der Waals surface area contributed by atoms with Crippen molar-refractivity contribution in [2.45, 2.75) is 12.8 Å². The lowest BCUT2D eigenvalue weighted by molar-refractivity contribution is 0.0982. The van der Waals surface area contributed by atoms with E-state index in [-0.39, 0.29) is 17.8 Å². The summed E-state index contributed by atoms with van der Waals surface area (Å²) < 4.78 is 25.9. The molecule has 0 aliphatic heterocycles. The number of nitrogens with zero attached hydrogens (tertiary/aromatic N) is 1. The van der Waals surface area contributed by atoms with Gasteiger partial charge in [-0.25, -0.2) is 8.78 Å². The molecule has 2 nitrogen and oxygen atoms in total. The first kappa shape index (κ1) is 12.4. The van der Waals surface area contributed by atoms with E-state index in [0.717, 1.165) is 23.8 Å². The molecule has 0 spiro atoms. The highest BCUT2D eigenvalue weighted by molar-refractivity contribution is 5.96. The summed E-state index contributed by atoms with van der Waals surface area (Å²) in [4.78, 5) is 15.7. The van der Waals surface area contributed by atoms with Gasteiger partial charge in [0.05, 0.1) is 0 Å². The number of carbonyl (C=O) groups excluding carboxylic acids is 1. The van der Waals surface area contributed by atoms with Crippen molar-refractivity contribution in [3.05, 3.63) is 65.5 Å². The van der Waals surface area contributed by atoms with Gasteiger partial charge in [-0.3, -0.25) is 9.78 Å². The zero-order chi connectivity index (χ0) is 13.0.